The number of aromatic nitrogens is 2. The lowest BCUT2D eigenvalue weighted by atomic mass is 10.1. The molecule has 1 N–H and O–H groups in total. The molecule has 7 nitrogen and oxygen atoms in total. The number of morpholine rings is 1. The average molecular weight is 423 g/mol. The van der Waals surface area contributed by atoms with Crippen molar-refractivity contribution in [2.75, 3.05) is 51.4 Å². The Kier molecular flexibility index (Phi) is 5.56. The fourth-order valence-electron chi connectivity index (χ4n) is 4.80. The predicted molar refractivity (Wildman–Crippen MR) is 122 cm³/mol. The standard InChI is InChI=1S/C24H30N4O3/c1-17-13-23(29)25-22-5-3-18(14-21(17)22)28-19(15-26-9-11-31-12-10-26)4-6-24(28)27-8-7-20(16-27)30-2/h3-6,13-14,20H,7-12,15-16H2,1-2H3,(H,25,29). The lowest BCUT2D eigenvalue weighted by molar-refractivity contribution is 0.0334. The van der Waals surface area contributed by atoms with E-state index in [-0.39, 0.29) is 11.7 Å². The number of benzene rings is 1. The van der Waals surface area contributed by atoms with Gasteiger partial charge in [-0.1, -0.05) is 0 Å². The fraction of sp³-hybridized carbons (Fsp3) is 0.458. The molecule has 5 rings (SSSR count). The van der Waals surface area contributed by atoms with Gasteiger partial charge < -0.3 is 19.4 Å². The van der Waals surface area contributed by atoms with Crippen LogP contribution in [0.4, 0.5) is 5.82 Å². The van der Waals surface area contributed by atoms with Crippen LogP contribution in [-0.2, 0) is 16.0 Å². The summed E-state index contributed by atoms with van der Waals surface area (Å²) < 4.78 is 13.5. The maximum absolute atomic E-state index is 11.9. The van der Waals surface area contributed by atoms with Gasteiger partial charge in [-0.05, 0) is 49.2 Å². The first kappa shape index (κ1) is 20.3. The highest BCUT2D eigenvalue weighted by atomic mass is 16.5. The quantitative estimate of drug-likeness (QED) is 0.685. The second-order valence-corrected chi connectivity index (χ2v) is 8.55. The number of hydrogen-bond donors (Lipinski definition) is 1. The highest BCUT2D eigenvalue weighted by Crippen LogP contribution is 2.30. The van der Waals surface area contributed by atoms with Crippen LogP contribution in [0.3, 0.4) is 0 Å². The Bertz CT molecular complexity index is 1130. The van der Waals surface area contributed by atoms with Crippen molar-refractivity contribution in [3.8, 4) is 5.69 Å². The SMILES string of the molecule is COC1CCN(c2ccc(CN3CCOCC3)n2-c2ccc3[nH]c(=O)cc(C)c3c2)C1. The zero-order valence-corrected chi connectivity index (χ0v) is 18.3. The van der Waals surface area contributed by atoms with Gasteiger partial charge in [-0.2, -0.15) is 0 Å². The molecule has 1 atom stereocenters. The molecule has 2 saturated heterocycles. The van der Waals surface area contributed by atoms with E-state index < -0.39 is 0 Å². The van der Waals surface area contributed by atoms with E-state index in [2.05, 4.69) is 43.6 Å². The Balaban J connectivity index is 1.58. The van der Waals surface area contributed by atoms with E-state index in [1.165, 1.54) is 11.5 Å². The Morgan fingerprint density at radius 1 is 1.13 bits per heavy atom. The zero-order chi connectivity index (χ0) is 21.4. The summed E-state index contributed by atoms with van der Waals surface area (Å²) in [6.07, 6.45) is 1.31. The molecular weight excluding hydrogens is 392 g/mol. The number of H-pyrrole nitrogens is 1. The Hall–Kier alpha value is -2.61. The number of aryl methyl sites for hydroxylation is 1. The lowest BCUT2D eigenvalue weighted by Gasteiger charge is -2.28. The Labute approximate surface area is 182 Å². The number of methoxy groups -OCH3 is 1. The first-order valence-corrected chi connectivity index (χ1v) is 11.0. The summed E-state index contributed by atoms with van der Waals surface area (Å²) in [4.78, 5) is 19.7. The third-order valence-electron chi connectivity index (χ3n) is 6.52. The predicted octanol–water partition coefficient (Wildman–Crippen LogP) is 2.68. The molecule has 1 aromatic carbocycles. The smallest absolute Gasteiger partial charge is 0.248 e. The molecule has 1 unspecified atom stereocenters. The number of nitrogens with one attached hydrogen (secondary N) is 1. The highest BCUT2D eigenvalue weighted by molar-refractivity contribution is 5.84. The number of rotatable bonds is 5. The summed E-state index contributed by atoms with van der Waals surface area (Å²) in [7, 11) is 1.80. The van der Waals surface area contributed by atoms with Gasteiger partial charge in [-0.3, -0.25) is 14.3 Å². The van der Waals surface area contributed by atoms with Gasteiger partial charge in [0.15, 0.2) is 0 Å². The largest absolute Gasteiger partial charge is 0.380 e. The molecule has 164 valence electrons. The van der Waals surface area contributed by atoms with Crippen molar-refractivity contribution in [1.82, 2.24) is 14.5 Å². The van der Waals surface area contributed by atoms with Crippen LogP contribution in [0.1, 0.15) is 17.7 Å². The average Bonchev–Trinajstić information content (AvgIpc) is 3.41. The van der Waals surface area contributed by atoms with Crippen molar-refractivity contribution in [3.63, 3.8) is 0 Å². The Morgan fingerprint density at radius 2 is 1.97 bits per heavy atom. The van der Waals surface area contributed by atoms with E-state index in [9.17, 15) is 4.79 Å². The monoisotopic (exact) mass is 422 g/mol. The summed E-state index contributed by atoms with van der Waals surface area (Å²) in [5.41, 5.74) is 4.18. The zero-order valence-electron chi connectivity index (χ0n) is 18.3. The van der Waals surface area contributed by atoms with E-state index in [4.69, 9.17) is 9.47 Å². The Morgan fingerprint density at radius 3 is 2.74 bits per heavy atom. The van der Waals surface area contributed by atoms with Gasteiger partial charge in [0.25, 0.3) is 0 Å². The minimum atomic E-state index is -0.0601. The molecule has 0 amide bonds. The summed E-state index contributed by atoms with van der Waals surface area (Å²) in [6.45, 7) is 8.25. The van der Waals surface area contributed by atoms with Crippen LogP contribution in [0.25, 0.3) is 16.6 Å². The third-order valence-corrected chi connectivity index (χ3v) is 6.52. The van der Waals surface area contributed by atoms with Gasteiger partial charge in [0.2, 0.25) is 5.56 Å². The molecule has 0 radical (unpaired) electrons. The molecule has 0 bridgehead atoms. The van der Waals surface area contributed by atoms with Gasteiger partial charge in [0.05, 0.1) is 19.3 Å². The van der Waals surface area contributed by atoms with Crippen LogP contribution in [0.5, 0.6) is 0 Å². The number of nitrogens with zero attached hydrogens (tertiary/aromatic N) is 3. The maximum atomic E-state index is 11.9. The minimum Gasteiger partial charge on any atom is -0.380 e. The first-order chi connectivity index (χ1) is 15.1. The normalized spacial score (nSPS) is 20.1. The first-order valence-electron chi connectivity index (χ1n) is 11.0. The van der Waals surface area contributed by atoms with Gasteiger partial charge in [-0.25, -0.2) is 0 Å². The van der Waals surface area contributed by atoms with Crippen molar-refractivity contribution in [3.05, 3.63) is 58.0 Å². The molecule has 2 aromatic heterocycles. The molecule has 31 heavy (non-hydrogen) atoms. The highest BCUT2D eigenvalue weighted by Gasteiger charge is 2.26. The van der Waals surface area contributed by atoms with Crippen LogP contribution in [0.15, 0.2) is 41.2 Å². The summed E-state index contributed by atoms with van der Waals surface area (Å²) in [6, 6.07) is 12.5. The summed E-state index contributed by atoms with van der Waals surface area (Å²) in [5, 5.41) is 1.07. The number of aromatic amines is 1. The minimum absolute atomic E-state index is 0.0601. The number of pyridine rings is 1. The van der Waals surface area contributed by atoms with Gasteiger partial charge in [-0.15, -0.1) is 0 Å². The summed E-state index contributed by atoms with van der Waals surface area (Å²) >= 11 is 0. The van der Waals surface area contributed by atoms with E-state index in [0.29, 0.717) is 0 Å². The van der Waals surface area contributed by atoms with Gasteiger partial charge in [0.1, 0.15) is 5.82 Å². The number of ether oxygens (including phenoxy) is 2. The maximum Gasteiger partial charge on any atom is 0.248 e. The van der Waals surface area contributed by atoms with Gasteiger partial charge >= 0.3 is 0 Å². The molecule has 0 spiro atoms. The van der Waals surface area contributed by atoms with Crippen LogP contribution in [0.2, 0.25) is 0 Å². The van der Waals surface area contributed by atoms with Crippen molar-refractivity contribution in [2.45, 2.75) is 26.0 Å². The molecule has 7 heteroatoms. The van der Waals surface area contributed by atoms with Crippen LogP contribution in [-0.4, -0.2) is 67.1 Å². The van der Waals surface area contributed by atoms with Crippen LogP contribution in [0, 0.1) is 6.92 Å². The molecule has 4 heterocycles. The molecule has 2 aliphatic rings. The van der Waals surface area contributed by atoms with Crippen molar-refractivity contribution >= 4 is 16.7 Å². The second kappa shape index (κ2) is 8.49. The van der Waals surface area contributed by atoms with Gasteiger partial charge in [0, 0.05) is 68.2 Å². The second-order valence-electron chi connectivity index (χ2n) is 8.55. The number of fused-ring (bicyclic) bond motifs is 1. The van der Waals surface area contributed by atoms with E-state index in [1.807, 2.05) is 13.0 Å². The molecular formula is C24H30N4O3. The topological polar surface area (TPSA) is 62.7 Å². The van der Waals surface area contributed by atoms with Crippen LogP contribution < -0.4 is 10.5 Å². The van der Waals surface area contributed by atoms with Crippen molar-refractivity contribution in [2.24, 2.45) is 0 Å². The third kappa shape index (κ3) is 4.01. The van der Waals surface area contributed by atoms with Crippen LogP contribution >= 0.6 is 0 Å². The number of hydrogen-bond acceptors (Lipinski definition) is 5. The van der Waals surface area contributed by atoms with E-state index in [0.717, 1.165) is 74.5 Å². The lowest BCUT2D eigenvalue weighted by Crippen LogP contribution is -2.36. The van der Waals surface area contributed by atoms with E-state index in [1.54, 1.807) is 13.2 Å². The molecule has 3 aromatic rings. The molecule has 0 aliphatic carbocycles. The fourth-order valence-corrected chi connectivity index (χ4v) is 4.80. The van der Waals surface area contributed by atoms with E-state index >= 15 is 0 Å². The summed E-state index contributed by atoms with van der Waals surface area (Å²) in [5.74, 6) is 1.20. The van der Waals surface area contributed by atoms with Crippen molar-refractivity contribution in [1.29, 1.82) is 0 Å². The number of anilines is 1. The molecule has 2 aliphatic heterocycles. The molecule has 2 fully saturated rings. The van der Waals surface area contributed by atoms with Crippen molar-refractivity contribution < 1.29 is 9.47 Å². The molecule has 0 saturated carbocycles.